The minimum atomic E-state index is -4.54. The Morgan fingerprint density at radius 2 is 1.33 bits per heavy atom. The molecular formula is C18H12F3NO2. The van der Waals surface area contributed by atoms with Crippen molar-refractivity contribution in [2.24, 2.45) is 0 Å². The summed E-state index contributed by atoms with van der Waals surface area (Å²) in [4.78, 5) is 25.9. The molecule has 0 N–H and O–H groups in total. The van der Waals surface area contributed by atoms with Crippen LogP contribution in [0, 0.1) is 0 Å². The van der Waals surface area contributed by atoms with E-state index in [1.807, 2.05) is 0 Å². The van der Waals surface area contributed by atoms with Gasteiger partial charge in [0.2, 0.25) is 0 Å². The van der Waals surface area contributed by atoms with Gasteiger partial charge in [0, 0.05) is 6.08 Å². The molecule has 0 spiro atoms. The van der Waals surface area contributed by atoms with Crippen molar-refractivity contribution < 1.29 is 22.8 Å². The van der Waals surface area contributed by atoms with Crippen LogP contribution in [0.5, 0.6) is 0 Å². The van der Waals surface area contributed by atoms with E-state index < -0.39 is 24.0 Å². The Kier molecular flexibility index (Phi) is 3.97. The van der Waals surface area contributed by atoms with Crippen LogP contribution in [0.3, 0.4) is 0 Å². The maximum Gasteiger partial charge on any atom is 0.409 e. The number of carbonyl (C=O) groups excluding carboxylic acids is 2. The van der Waals surface area contributed by atoms with Crippen LogP contribution < -0.4 is 0 Å². The summed E-state index contributed by atoms with van der Waals surface area (Å²) in [6.07, 6.45) is -3.66. The fraction of sp³-hybridized carbons (Fsp3) is 0.111. The molecule has 122 valence electrons. The summed E-state index contributed by atoms with van der Waals surface area (Å²) in [5, 5.41) is 0. The van der Waals surface area contributed by atoms with Crippen molar-refractivity contribution in [3.05, 3.63) is 83.4 Å². The van der Waals surface area contributed by atoms with Gasteiger partial charge >= 0.3 is 6.18 Å². The van der Waals surface area contributed by atoms with Crippen molar-refractivity contribution in [3.8, 4) is 0 Å². The molecule has 0 bridgehead atoms. The summed E-state index contributed by atoms with van der Waals surface area (Å²) in [7, 11) is 0. The van der Waals surface area contributed by atoms with E-state index in [4.69, 9.17) is 0 Å². The molecule has 2 aromatic carbocycles. The topological polar surface area (TPSA) is 37.4 Å². The van der Waals surface area contributed by atoms with Crippen LogP contribution in [-0.2, 0) is 0 Å². The number of rotatable bonds is 3. The van der Waals surface area contributed by atoms with Gasteiger partial charge in [-0.1, -0.05) is 48.5 Å². The molecule has 3 rings (SSSR count). The third-order valence-electron chi connectivity index (χ3n) is 3.71. The smallest absolute Gasteiger partial charge is 0.269 e. The molecule has 1 heterocycles. The van der Waals surface area contributed by atoms with Gasteiger partial charge in [0.25, 0.3) is 11.8 Å². The first-order chi connectivity index (χ1) is 11.4. The van der Waals surface area contributed by atoms with Crippen LogP contribution in [0.1, 0.15) is 32.3 Å². The minimum Gasteiger partial charge on any atom is -0.269 e. The fourth-order valence-electron chi connectivity index (χ4n) is 2.66. The predicted molar refractivity (Wildman–Crippen MR) is 81.3 cm³/mol. The van der Waals surface area contributed by atoms with Gasteiger partial charge < -0.3 is 0 Å². The highest BCUT2D eigenvalue weighted by molar-refractivity contribution is 6.21. The number of hydrogen-bond donors (Lipinski definition) is 0. The molecule has 0 aromatic heterocycles. The van der Waals surface area contributed by atoms with E-state index in [1.165, 1.54) is 12.1 Å². The van der Waals surface area contributed by atoms with Crippen LogP contribution in [0.15, 0.2) is 66.7 Å². The first-order valence-electron chi connectivity index (χ1n) is 7.16. The number of nitrogens with zero attached hydrogens (tertiary/aromatic N) is 1. The van der Waals surface area contributed by atoms with E-state index in [9.17, 15) is 22.8 Å². The zero-order chi connectivity index (χ0) is 17.3. The van der Waals surface area contributed by atoms with Gasteiger partial charge in [-0.2, -0.15) is 13.2 Å². The Balaban J connectivity index is 2.06. The number of allylic oxidation sites excluding steroid dienone is 1. The van der Waals surface area contributed by atoms with Gasteiger partial charge in [-0.3, -0.25) is 14.5 Å². The third kappa shape index (κ3) is 2.95. The van der Waals surface area contributed by atoms with E-state index >= 15 is 0 Å². The van der Waals surface area contributed by atoms with Crippen LogP contribution in [-0.4, -0.2) is 22.9 Å². The molecule has 0 saturated heterocycles. The summed E-state index contributed by atoms with van der Waals surface area (Å²) in [5.74, 6) is -1.20. The average molecular weight is 331 g/mol. The highest BCUT2D eigenvalue weighted by Gasteiger charge is 2.40. The second-order valence-corrected chi connectivity index (χ2v) is 5.28. The van der Waals surface area contributed by atoms with Crippen molar-refractivity contribution in [2.45, 2.75) is 12.2 Å². The Morgan fingerprint density at radius 1 is 0.833 bits per heavy atom. The number of fused-ring (bicyclic) bond motifs is 1. The molecule has 0 radical (unpaired) electrons. The number of alkyl halides is 3. The molecule has 2 amide bonds. The lowest BCUT2D eigenvalue weighted by Crippen LogP contribution is -2.33. The van der Waals surface area contributed by atoms with Gasteiger partial charge in [-0.15, -0.1) is 0 Å². The molecule has 6 heteroatoms. The normalized spacial score (nSPS) is 15.9. The van der Waals surface area contributed by atoms with Crippen LogP contribution in [0.4, 0.5) is 13.2 Å². The predicted octanol–water partition coefficient (Wildman–Crippen LogP) is 4.14. The number of halogens is 3. The number of hydrogen-bond acceptors (Lipinski definition) is 2. The largest absolute Gasteiger partial charge is 0.409 e. The van der Waals surface area contributed by atoms with E-state index in [1.54, 1.807) is 42.5 Å². The SMILES string of the molecule is O=C1c2ccccc2C(=O)N1C(C=CC(F)(F)F)c1ccccc1. The van der Waals surface area contributed by atoms with Crippen LogP contribution in [0.25, 0.3) is 0 Å². The molecule has 0 aliphatic carbocycles. The van der Waals surface area contributed by atoms with E-state index in [-0.39, 0.29) is 17.2 Å². The van der Waals surface area contributed by atoms with Crippen molar-refractivity contribution in [2.75, 3.05) is 0 Å². The summed E-state index contributed by atoms with van der Waals surface area (Å²) in [5.41, 5.74) is 0.820. The quantitative estimate of drug-likeness (QED) is 0.626. The fourth-order valence-corrected chi connectivity index (χ4v) is 2.66. The van der Waals surface area contributed by atoms with E-state index in [2.05, 4.69) is 0 Å². The molecule has 3 nitrogen and oxygen atoms in total. The number of carbonyl (C=O) groups is 2. The van der Waals surface area contributed by atoms with Crippen molar-refractivity contribution in [3.63, 3.8) is 0 Å². The lowest BCUT2D eigenvalue weighted by molar-refractivity contribution is -0.0803. The molecule has 1 aliphatic heterocycles. The van der Waals surface area contributed by atoms with Gasteiger partial charge in [-0.25, -0.2) is 0 Å². The molecule has 24 heavy (non-hydrogen) atoms. The minimum absolute atomic E-state index is 0.0498. The molecule has 1 aliphatic rings. The summed E-state index contributed by atoms with van der Waals surface area (Å²) < 4.78 is 37.8. The third-order valence-corrected chi connectivity index (χ3v) is 3.71. The average Bonchev–Trinajstić information content (AvgIpc) is 2.81. The number of imide groups is 1. The van der Waals surface area contributed by atoms with Crippen molar-refractivity contribution >= 4 is 11.8 Å². The van der Waals surface area contributed by atoms with Gasteiger partial charge in [0.15, 0.2) is 0 Å². The maximum absolute atomic E-state index is 12.6. The molecule has 1 unspecified atom stereocenters. The van der Waals surface area contributed by atoms with Gasteiger partial charge in [0.1, 0.15) is 0 Å². The standard InChI is InChI=1S/C18H12F3NO2/c19-18(20,21)11-10-15(12-6-2-1-3-7-12)22-16(23)13-8-4-5-9-14(13)17(22)24/h1-11,15H. The zero-order valence-electron chi connectivity index (χ0n) is 12.3. The first-order valence-corrected chi connectivity index (χ1v) is 7.16. The lowest BCUT2D eigenvalue weighted by Gasteiger charge is -2.24. The first kappa shape index (κ1) is 16.0. The van der Waals surface area contributed by atoms with Crippen molar-refractivity contribution in [1.29, 1.82) is 0 Å². The Labute approximate surface area is 136 Å². The van der Waals surface area contributed by atoms with Gasteiger partial charge in [0.05, 0.1) is 17.2 Å². The second kappa shape index (κ2) is 5.96. The van der Waals surface area contributed by atoms with E-state index in [0.717, 1.165) is 11.0 Å². The number of benzene rings is 2. The van der Waals surface area contributed by atoms with Crippen LogP contribution >= 0.6 is 0 Å². The summed E-state index contributed by atoms with van der Waals surface area (Å²) in [6, 6.07) is 13.2. The lowest BCUT2D eigenvalue weighted by atomic mass is 10.0. The Hall–Kier alpha value is -2.89. The summed E-state index contributed by atoms with van der Waals surface area (Å²) in [6.45, 7) is 0. The Morgan fingerprint density at radius 3 is 1.83 bits per heavy atom. The summed E-state index contributed by atoms with van der Waals surface area (Å²) >= 11 is 0. The molecular weight excluding hydrogens is 319 g/mol. The molecule has 1 atom stereocenters. The number of amides is 2. The second-order valence-electron chi connectivity index (χ2n) is 5.28. The monoisotopic (exact) mass is 331 g/mol. The molecule has 2 aromatic rings. The van der Waals surface area contributed by atoms with Crippen LogP contribution in [0.2, 0.25) is 0 Å². The highest BCUT2D eigenvalue weighted by Crippen LogP contribution is 2.33. The highest BCUT2D eigenvalue weighted by atomic mass is 19.4. The maximum atomic E-state index is 12.6. The Bertz CT molecular complexity index is 778. The molecule has 0 fully saturated rings. The van der Waals surface area contributed by atoms with Crippen molar-refractivity contribution in [1.82, 2.24) is 4.90 Å². The van der Waals surface area contributed by atoms with E-state index in [0.29, 0.717) is 5.56 Å². The zero-order valence-corrected chi connectivity index (χ0v) is 12.3. The molecule has 0 saturated carbocycles. The van der Waals surface area contributed by atoms with Gasteiger partial charge in [-0.05, 0) is 17.7 Å².